The van der Waals surface area contributed by atoms with Gasteiger partial charge in [0.25, 0.3) is 0 Å². The van der Waals surface area contributed by atoms with Crippen LogP contribution in [0, 0.1) is 5.92 Å². The highest BCUT2D eigenvalue weighted by atomic mass is 35.5. The lowest BCUT2D eigenvalue weighted by Crippen LogP contribution is -2.48. The molecule has 33 heavy (non-hydrogen) atoms. The number of rotatable bonds is 10. The van der Waals surface area contributed by atoms with Gasteiger partial charge in [0.2, 0.25) is 5.91 Å². The van der Waals surface area contributed by atoms with Crippen molar-refractivity contribution < 1.29 is 19.4 Å². The van der Waals surface area contributed by atoms with E-state index in [2.05, 4.69) is 0 Å². The van der Waals surface area contributed by atoms with Gasteiger partial charge >= 0.3 is 0 Å². The molecular formula is C26H34ClNO4S. The van der Waals surface area contributed by atoms with E-state index in [1.165, 1.54) is 0 Å². The standard InChI is InChI=1S/C26H34ClNO4S/c1-17(24(29)19-9-7-6-8-10-19)28(2)25(30)21(13-18-15-26(16-18,31-3)32-4)20-11-12-23(33-5)22(27)14-20/h6-12,14,17-18,21,24,29H,13,15-16H2,1-5H3. The molecule has 1 aliphatic rings. The van der Waals surface area contributed by atoms with Gasteiger partial charge in [-0.15, -0.1) is 11.8 Å². The molecule has 5 nitrogen and oxygen atoms in total. The van der Waals surface area contributed by atoms with Crippen LogP contribution in [0.3, 0.4) is 0 Å². The van der Waals surface area contributed by atoms with Crippen LogP contribution in [0.1, 0.15) is 49.3 Å². The van der Waals surface area contributed by atoms with Crippen molar-refractivity contribution in [3.05, 3.63) is 64.7 Å². The molecule has 1 fully saturated rings. The summed E-state index contributed by atoms with van der Waals surface area (Å²) in [5.41, 5.74) is 1.68. The molecule has 0 aromatic heterocycles. The number of amides is 1. The highest BCUT2D eigenvalue weighted by Gasteiger charge is 2.46. The lowest BCUT2D eigenvalue weighted by atomic mass is 9.72. The maximum atomic E-state index is 13.8. The van der Waals surface area contributed by atoms with E-state index in [0.29, 0.717) is 17.4 Å². The van der Waals surface area contributed by atoms with Gasteiger partial charge < -0.3 is 19.5 Å². The van der Waals surface area contributed by atoms with Gasteiger partial charge in [-0.25, -0.2) is 0 Å². The smallest absolute Gasteiger partial charge is 0.230 e. The topological polar surface area (TPSA) is 59.0 Å². The Kier molecular flexibility index (Phi) is 8.87. The average Bonchev–Trinajstić information content (AvgIpc) is 2.82. The summed E-state index contributed by atoms with van der Waals surface area (Å²) in [4.78, 5) is 16.4. The number of likely N-dealkylation sites (N-methyl/N-ethyl adjacent to an activating group) is 1. The Morgan fingerprint density at radius 3 is 2.36 bits per heavy atom. The molecule has 3 unspecified atom stereocenters. The summed E-state index contributed by atoms with van der Waals surface area (Å²) in [6.45, 7) is 1.88. The van der Waals surface area contributed by atoms with E-state index >= 15 is 0 Å². The van der Waals surface area contributed by atoms with E-state index in [1.807, 2.05) is 61.7 Å². The number of methoxy groups -OCH3 is 2. The van der Waals surface area contributed by atoms with E-state index < -0.39 is 11.9 Å². The van der Waals surface area contributed by atoms with Gasteiger partial charge in [-0.2, -0.15) is 0 Å². The summed E-state index contributed by atoms with van der Waals surface area (Å²) in [5, 5.41) is 11.5. The normalized spacial score (nSPS) is 18.3. The van der Waals surface area contributed by atoms with Crippen molar-refractivity contribution in [2.75, 3.05) is 27.5 Å². The SMILES string of the molecule is COC1(OC)CC(CC(C(=O)N(C)C(C)C(O)c2ccccc2)c2ccc(SC)c(Cl)c2)C1. The van der Waals surface area contributed by atoms with Crippen LogP contribution in [-0.4, -0.2) is 55.3 Å². The number of aliphatic hydroxyl groups is 1. The van der Waals surface area contributed by atoms with Gasteiger partial charge in [0.15, 0.2) is 5.79 Å². The quantitative estimate of drug-likeness (QED) is 0.350. The zero-order valence-electron chi connectivity index (χ0n) is 20.0. The minimum absolute atomic E-state index is 0.0298. The Morgan fingerprint density at radius 1 is 1.18 bits per heavy atom. The van der Waals surface area contributed by atoms with E-state index in [9.17, 15) is 9.90 Å². The van der Waals surface area contributed by atoms with Crippen molar-refractivity contribution >= 4 is 29.3 Å². The molecular weight excluding hydrogens is 458 g/mol. The first-order chi connectivity index (χ1) is 15.7. The predicted octanol–water partition coefficient (Wildman–Crippen LogP) is 5.52. The fourth-order valence-electron chi connectivity index (χ4n) is 4.60. The Hall–Kier alpha value is -1.57. The maximum Gasteiger partial charge on any atom is 0.230 e. The van der Waals surface area contributed by atoms with Crippen molar-refractivity contribution in [2.45, 2.75) is 54.9 Å². The second kappa shape index (κ2) is 11.2. The minimum atomic E-state index is -0.776. The van der Waals surface area contributed by atoms with Gasteiger partial charge in [0, 0.05) is 39.0 Å². The molecule has 1 aliphatic carbocycles. The number of hydrogen-bond donors (Lipinski definition) is 1. The highest BCUT2D eigenvalue weighted by Crippen LogP contribution is 2.46. The summed E-state index contributed by atoms with van der Waals surface area (Å²) in [6.07, 6.45) is 3.36. The zero-order chi connectivity index (χ0) is 24.2. The highest BCUT2D eigenvalue weighted by molar-refractivity contribution is 7.98. The summed E-state index contributed by atoms with van der Waals surface area (Å²) >= 11 is 8.08. The lowest BCUT2D eigenvalue weighted by Gasteiger charge is -2.46. The van der Waals surface area contributed by atoms with E-state index in [-0.39, 0.29) is 17.9 Å². The molecule has 0 aliphatic heterocycles. The van der Waals surface area contributed by atoms with Crippen molar-refractivity contribution in [1.29, 1.82) is 0 Å². The van der Waals surface area contributed by atoms with Crippen LogP contribution in [0.15, 0.2) is 53.4 Å². The summed E-state index contributed by atoms with van der Waals surface area (Å²) in [7, 11) is 5.08. The molecule has 1 saturated carbocycles. The molecule has 7 heteroatoms. The third-order valence-electron chi connectivity index (χ3n) is 6.95. The number of halogens is 1. The first-order valence-corrected chi connectivity index (χ1v) is 12.8. The predicted molar refractivity (Wildman–Crippen MR) is 134 cm³/mol. The number of carbonyl (C=O) groups is 1. The molecule has 3 atom stereocenters. The Balaban J connectivity index is 1.83. The number of benzene rings is 2. The molecule has 0 bridgehead atoms. The second-order valence-corrected chi connectivity index (χ2v) is 10.1. The fourth-order valence-corrected chi connectivity index (χ4v) is 5.48. The molecule has 0 spiro atoms. The van der Waals surface area contributed by atoms with Crippen LogP contribution in [0.4, 0.5) is 0 Å². The van der Waals surface area contributed by atoms with Crippen molar-refractivity contribution in [2.24, 2.45) is 5.92 Å². The van der Waals surface area contributed by atoms with Crippen molar-refractivity contribution in [3.63, 3.8) is 0 Å². The molecule has 180 valence electrons. The van der Waals surface area contributed by atoms with Crippen LogP contribution < -0.4 is 0 Å². The van der Waals surface area contributed by atoms with Gasteiger partial charge in [-0.1, -0.05) is 48.0 Å². The van der Waals surface area contributed by atoms with E-state index in [4.69, 9.17) is 21.1 Å². The van der Waals surface area contributed by atoms with Gasteiger partial charge in [0.05, 0.1) is 23.1 Å². The first-order valence-electron chi connectivity index (χ1n) is 11.2. The zero-order valence-corrected chi connectivity index (χ0v) is 21.5. The van der Waals surface area contributed by atoms with Crippen molar-refractivity contribution in [1.82, 2.24) is 4.90 Å². The Morgan fingerprint density at radius 2 is 1.82 bits per heavy atom. The first kappa shape index (κ1) is 26.0. The molecule has 3 rings (SSSR count). The van der Waals surface area contributed by atoms with Gasteiger partial charge in [-0.3, -0.25) is 4.79 Å². The molecule has 2 aromatic rings. The number of hydrogen-bond acceptors (Lipinski definition) is 5. The van der Waals surface area contributed by atoms with Crippen LogP contribution in [0.25, 0.3) is 0 Å². The number of ether oxygens (including phenoxy) is 2. The maximum absolute atomic E-state index is 13.8. The van der Waals surface area contributed by atoms with Crippen LogP contribution >= 0.6 is 23.4 Å². The number of nitrogens with zero attached hydrogens (tertiary/aromatic N) is 1. The lowest BCUT2D eigenvalue weighted by molar-refractivity contribution is -0.271. The summed E-state index contributed by atoms with van der Waals surface area (Å²) in [6, 6.07) is 14.9. The average molecular weight is 492 g/mol. The number of thioether (sulfide) groups is 1. The molecule has 1 amide bonds. The van der Waals surface area contributed by atoms with Crippen LogP contribution in [0.5, 0.6) is 0 Å². The number of carbonyl (C=O) groups excluding carboxylic acids is 1. The molecule has 1 N–H and O–H groups in total. The fraction of sp³-hybridized carbons (Fsp3) is 0.500. The van der Waals surface area contributed by atoms with Gasteiger partial charge in [-0.05, 0) is 48.8 Å². The summed E-state index contributed by atoms with van der Waals surface area (Å²) in [5.74, 6) is -0.662. The van der Waals surface area contributed by atoms with Gasteiger partial charge in [0.1, 0.15) is 0 Å². The number of aliphatic hydroxyl groups excluding tert-OH is 1. The second-order valence-electron chi connectivity index (χ2n) is 8.82. The molecule has 0 heterocycles. The molecule has 0 saturated heterocycles. The monoisotopic (exact) mass is 491 g/mol. The Labute approximate surface area is 206 Å². The minimum Gasteiger partial charge on any atom is -0.386 e. The largest absolute Gasteiger partial charge is 0.386 e. The Bertz CT molecular complexity index is 929. The van der Waals surface area contributed by atoms with Crippen LogP contribution in [-0.2, 0) is 14.3 Å². The van der Waals surface area contributed by atoms with Crippen LogP contribution in [0.2, 0.25) is 5.02 Å². The van der Waals surface area contributed by atoms with E-state index in [1.54, 1.807) is 37.9 Å². The third-order valence-corrected chi connectivity index (χ3v) is 8.17. The third kappa shape index (κ3) is 5.75. The van der Waals surface area contributed by atoms with E-state index in [0.717, 1.165) is 28.9 Å². The molecule has 0 radical (unpaired) electrons. The molecule has 2 aromatic carbocycles. The summed E-state index contributed by atoms with van der Waals surface area (Å²) < 4.78 is 11.1. The van der Waals surface area contributed by atoms with Crippen molar-refractivity contribution in [3.8, 4) is 0 Å².